The third-order valence-electron chi connectivity index (χ3n) is 1.76. The molecule has 1 aromatic rings. The van der Waals surface area contributed by atoms with Gasteiger partial charge in [-0.25, -0.2) is 4.39 Å². The van der Waals surface area contributed by atoms with Crippen molar-refractivity contribution < 1.29 is 4.39 Å². The van der Waals surface area contributed by atoms with Crippen LogP contribution < -0.4 is 0 Å². The molecule has 0 aliphatic rings. The Morgan fingerprint density at radius 2 is 1.92 bits per heavy atom. The number of hydrogen-bond acceptors (Lipinski definition) is 0. The first-order chi connectivity index (χ1) is 5.83. The minimum absolute atomic E-state index is 0.444. The molecule has 12 heavy (non-hydrogen) atoms. The van der Waals surface area contributed by atoms with Crippen molar-refractivity contribution in [2.45, 2.75) is 19.0 Å². The van der Waals surface area contributed by atoms with Gasteiger partial charge in [-0.3, -0.25) is 0 Å². The lowest BCUT2D eigenvalue weighted by Crippen LogP contribution is -2.02. The average molecular weight is 231 g/mol. The van der Waals surface area contributed by atoms with Gasteiger partial charge < -0.3 is 0 Å². The molecule has 0 bridgehead atoms. The molecular weight excluding hydrogens is 219 g/mol. The molecule has 0 fully saturated rings. The van der Waals surface area contributed by atoms with Gasteiger partial charge in [0.2, 0.25) is 0 Å². The molecule has 66 valence electrons. The molecule has 2 heteroatoms. The summed E-state index contributed by atoms with van der Waals surface area (Å²) < 4.78 is 12.8. The summed E-state index contributed by atoms with van der Waals surface area (Å²) in [6.45, 7) is 0. The van der Waals surface area contributed by atoms with E-state index in [4.69, 9.17) is 0 Å². The van der Waals surface area contributed by atoms with Crippen LogP contribution in [0.1, 0.15) is 12.0 Å². The fourth-order valence-electron chi connectivity index (χ4n) is 1.05. The Labute approximate surface area is 80.9 Å². The van der Waals surface area contributed by atoms with E-state index >= 15 is 0 Å². The number of benzene rings is 1. The minimum atomic E-state index is -0.717. The van der Waals surface area contributed by atoms with Crippen LogP contribution in [0.4, 0.5) is 4.39 Å². The highest BCUT2D eigenvalue weighted by atomic mass is 79.9. The summed E-state index contributed by atoms with van der Waals surface area (Å²) in [6, 6.07) is 10.00. The SMILES string of the molecule is F[C@H](CBr)CCc1ccccc1. The summed E-state index contributed by atoms with van der Waals surface area (Å²) >= 11 is 3.11. The van der Waals surface area contributed by atoms with E-state index in [1.165, 1.54) is 5.56 Å². The Hall–Kier alpha value is -0.370. The van der Waals surface area contributed by atoms with E-state index in [1.807, 2.05) is 30.3 Å². The number of alkyl halides is 2. The lowest BCUT2D eigenvalue weighted by molar-refractivity contribution is 0.349. The van der Waals surface area contributed by atoms with Crippen LogP contribution in [0.5, 0.6) is 0 Å². The fourth-order valence-corrected chi connectivity index (χ4v) is 1.37. The highest BCUT2D eigenvalue weighted by molar-refractivity contribution is 9.09. The fraction of sp³-hybridized carbons (Fsp3) is 0.400. The highest BCUT2D eigenvalue weighted by Gasteiger charge is 2.03. The van der Waals surface area contributed by atoms with Gasteiger partial charge in [-0.15, -0.1) is 0 Å². The highest BCUT2D eigenvalue weighted by Crippen LogP contribution is 2.08. The van der Waals surface area contributed by atoms with Gasteiger partial charge in [-0.2, -0.15) is 0 Å². The van der Waals surface area contributed by atoms with Gasteiger partial charge >= 0.3 is 0 Å². The van der Waals surface area contributed by atoms with E-state index in [0.29, 0.717) is 11.8 Å². The van der Waals surface area contributed by atoms with Crippen LogP contribution in [-0.4, -0.2) is 11.5 Å². The third kappa shape index (κ3) is 3.35. The van der Waals surface area contributed by atoms with Crippen molar-refractivity contribution in [2.75, 3.05) is 5.33 Å². The molecule has 0 N–H and O–H groups in total. The van der Waals surface area contributed by atoms with Crippen molar-refractivity contribution in [2.24, 2.45) is 0 Å². The van der Waals surface area contributed by atoms with Crippen molar-refractivity contribution in [1.29, 1.82) is 0 Å². The molecule has 0 saturated heterocycles. The van der Waals surface area contributed by atoms with Crippen LogP contribution in [0.3, 0.4) is 0 Å². The number of aryl methyl sites for hydroxylation is 1. The van der Waals surface area contributed by atoms with E-state index in [-0.39, 0.29) is 0 Å². The van der Waals surface area contributed by atoms with Crippen molar-refractivity contribution >= 4 is 15.9 Å². The Morgan fingerprint density at radius 3 is 2.50 bits per heavy atom. The molecular formula is C10H12BrF. The van der Waals surface area contributed by atoms with E-state index in [9.17, 15) is 4.39 Å². The summed E-state index contributed by atoms with van der Waals surface area (Å²) in [7, 11) is 0. The molecule has 0 nitrogen and oxygen atoms in total. The zero-order valence-electron chi connectivity index (χ0n) is 6.84. The quantitative estimate of drug-likeness (QED) is 0.697. The second-order valence-electron chi connectivity index (χ2n) is 2.78. The van der Waals surface area contributed by atoms with Crippen LogP contribution in [0, 0.1) is 0 Å². The van der Waals surface area contributed by atoms with Crippen molar-refractivity contribution in [3.63, 3.8) is 0 Å². The van der Waals surface area contributed by atoms with Crippen LogP contribution in [0.2, 0.25) is 0 Å². The molecule has 0 amide bonds. The van der Waals surface area contributed by atoms with Crippen molar-refractivity contribution in [3.8, 4) is 0 Å². The van der Waals surface area contributed by atoms with Gasteiger partial charge in [-0.05, 0) is 18.4 Å². The normalized spacial score (nSPS) is 12.8. The minimum Gasteiger partial charge on any atom is -0.247 e. The first kappa shape index (κ1) is 9.72. The Balaban J connectivity index is 2.33. The lowest BCUT2D eigenvalue weighted by Gasteiger charge is -2.03. The van der Waals surface area contributed by atoms with Crippen molar-refractivity contribution in [1.82, 2.24) is 0 Å². The standard InChI is InChI=1S/C10H12BrF/c11-8-10(12)7-6-9-4-2-1-3-5-9/h1-5,10H,6-8H2/t10-/m0/s1. The van der Waals surface area contributed by atoms with Crippen LogP contribution in [-0.2, 0) is 6.42 Å². The lowest BCUT2D eigenvalue weighted by atomic mass is 10.1. The van der Waals surface area contributed by atoms with Gasteiger partial charge in [-0.1, -0.05) is 46.3 Å². The predicted octanol–water partition coefficient (Wildman–Crippen LogP) is 3.35. The predicted molar refractivity (Wildman–Crippen MR) is 53.5 cm³/mol. The molecule has 1 aromatic carbocycles. The first-order valence-electron chi connectivity index (χ1n) is 4.07. The summed E-state index contributed by atoms with van der Waals surface area (Å²) in [6.07, 6.45) is 0.716. The number of hydrogen-bond donors (Lipinski definition) is 0. The van der Waals surface area contributed by atoms with E-state index < -0.39 is 6.17 Å². The van der Waals surface area contributed by atoms with Crippen LogP contribution in [0.25, 0.3) is 0 Å². The molecule has 0 heterocycles. The zero-order valence-corrected chi connectivity index (χ0v) is 8.43. The smallest absolute Gasteiger partial charge is 0.110 e. The molecule has 0 spiro atoms. The molecule has 0 radical (unpaired) electrons. The number of rotatable bonds is 4. The maximum Gasteiger partial charge on any atom is 0.110 e. The summed E-state index contributed by atoms with van der Waals surface area (Å²) in [5.41, 5.74) is 1.21. The summed E-state index contributed by atoms with van der Waals surface area (Å²) in [5, 5.41) is 0.444. The van der Waals surface area contributed by atoms with Gasteiger partial charge in [0, 0.05) is 5.33 Å². The van der Waals surface area contributed by atoms with Gasteiger partial charge in [0.15, 0.2) is 0 Å². The summed E-state index contributed by atoms with van der Waals surface area (Å²) in [4.78, 5) is 0. The zero-order chi connectivity index (χ0) is 8.81. The maximum atomic E-state index is 12.8. The second kappa shape index (κ2) is 5.31. The molecule has 0 aromatic heterocycles. The number of halogens is 2. The van der Waals surface area contributed by atoms with Crippen molar-refractivity contribution in [3.05, 3.63) is 35.9 Å². The van der Waals surface area contributed by atoms with E-state index in [2.05, 4.69) is 15.9 Å². The average Bonchev–Trinajstić information content (AvgIpc) is 2.16. The maximum absolute atomic E-state index is 12.8. The van der Waals surface area contributed by atoms with Crippen LogP contribution in [0.15, 0.2) is 30.3 Å². The Morgan fingerprint density at radius 1 is 1.25 bits per heavy atom. The molecule has 0 aliphatic carbocycles. The van der Waals surface area contributed by atoms with E-state index in [0.717, 1.165) is 6.42 Å². The topological polar surface area (TPSA) is 0 Å². The Kier molecular flexibility index (Phi) is 4.30. The van der Waals surface area contributed by atoms with Gasteiger partial charge in [0.25, 0.3) is 0 Å². The largest absolute Gasteiger partial charge is 0.247 e. The monoisotopic (exact) mass is 230 g/mol. The first-order valence-corrected chi connectivity index (χ1v) is 5.19. The molecule has 0 saturated carbocycles. The molecule has 0 unspecified atom stereocenters. The van der Waals surface area contributed by atoms with E-state index in [1.54, 1.807) is 0 Å². The third-order valence-corrected chi connectivity index (χ3v) is 2.46. The molecule has 1 rings (SSSR count). The second-order valence-corrected chi connectivity index (χ2v) is 3.42. The van der Waals surface area contributed by atoms with Gasteiger partial charge in [0.1, 0.15) is 6.17 Å². The Bertz CT molecular complexity index is 210. The van der Waals surface area contributed by atoms with Crippen LogP contribution >= 0.6 is 15.9 Å². The molecule has 1 atom stereocenters. The van der Waals surface area contributed by atoms with Gasteiger partial charge in [0.05, 0.1) is 0 Å². The molecule has 0 aliphatic heterocycles. The summed E-state index contributed by atoms with van der Waals surface area (Å²) in [5.74, 6) is 0.